The Kier molecular flexibility index (Phi) is 8.55. The topological polar surface area (TPSA) is 92.8 Å². The second-order valence-corrected chi connectivity index (χ2v) is 14.7. The van der Waals surface area contributed by atoms with Crippen LogP contribution >= 0.6 is 11.6 Å². The molecular weight excluding hydrogens is 632 g/mol. The van der Waals surface area contributed by atoms with Gasteiger partial charge in [0.25, 0.3) is 10.0 Å². The van der Waals surface area contributed by atoms with Gasteiger partial charge >= 0.3 is 6.18 Å². The van der Waals surface area contributed by atoms with E-state index in [2.05, 4.69) is 4.72 Å². The van der Waals surface area contributed by atoms with Crippen LogP contribution in [0.25, 0.3) is 11.6 Å². The van der Waals surface area contributed by atoms with Crippen molar-refractivity contribution in [2.75, 3.05) is 17.4 Å². The Labute approximate surface area is 252 Å². The molecule has 0 amide bonds. The second-order valence-electron chi connectivity index (χ2n) is 10.4. The smallest absolute Gasteiger partial charge is 0.416 e. The van der Waals surface area contributed by atoms with Crippen molar-refractivity contribution in [3.05, 3.63) is 88.2 Å². The molecule has 230 valence electrons. The van der Waals surface area contributed by atoms with Crippen molar-refractivity contribution in [3.63, 3.8) is 0 Å². The van der Waals surface area contributed by atoms with Crippen LogP contribution in [0.5, 0.6) is 5.75 Å². The predicted molar refractivity (Wildman–Crippen MR) is 156 cm³/mol. The summed E-state index contributed by atoms with van der Waals surface area (Å²) >= 11 is 6.20. The Bertz CT molecular complexity index is 1770. The summed E-state index contributed by atoms with van der Waals surface area (Å²) in [6.45, 7) is 1.33. The summed E-state index contributed by atoms with van der Waals surface area (Å²) in [6, 6.07) is 12.3. The van der Waals surface area contributed by atoms with Gasteiger partial charge in [0, 0.05) is 12.1 Å². The van der Waals surface area contributed by atoms with Crippen LogP contribution in [0.2, 0.25) is 5.02 Å². The Morgan fingerprint density at radius 3 is 2.47 bits per heavy atom. The number of sulfonamides is 2. The molecule has 0 spiro atoms. The number of ether oxygens (including phenoxy) is 1. The van der Waals surface area contributed by atoms with Gasteiger partial charge in [0.1, 0.15) is 17.7 Å². The van der Waals surface area contributed by atoms with Gasteiger partial charge in [0.2, 0.25) is 10.0 Å². The van der Waals surface area contributed by atoms with Crippen molar-refractivity contribution >= 4 is 49.0 Å². The van der Waals surface area contributed by atoms with Crippen molar-refractivity contribution in [3.8, 4) is 5.75 Å². The number of rotatable bonds is 9. The lowest BCUT2D eigenvalue weighted by Crippen LogP contribution is -2.45. The predicted octanol–water partition coefficient (Wildman–Crippen LogP) is 6.49. The maximum atomic E-state index is 14.5. The Balaban J connectivity index is 1.51. The number of alkyl halides is 3. The highest BCUT2D eigenvalue weighted by Crippen LogP contribution is 2.40. The number of hydrogen-bond acceptors (Lipinski definition) is 5. The summed E-state index contributed by atoms with van der Waals surface area (Å²) in [5.74, 6) is -0.410. The summed E-state index contributed by atoms with van der Waals surface area (Å²) in [5, 5.41) is -0.253. The fraction of sp³-hybridized carbons (Fsp3) is 0.310. The van der Waals surface area contributed by atoms with Crippen LogP contribution in [0.15, 0.2) is 65.6 Å². The molecule has 3 aromatic carbocycles. The normalized spacial score (nSPS) is 17.9. The van der Waals surface area contributed by atoms with Gasteiger partial charge in [-0.2, -0.15) is 13.2 Å². The maximum absolute atomic E-state index is 14.5. The number of halogens is 5. The van der Waals surface area contributed by atoms with Crippen molar-refractivity contribution in [2.45, 2.75) is 48.6 Å². The maximum Gasteiger partial charge on any atom is 0.416 e. The number of nitrogens with one attached hydrogen (secondary N) is 1. The van der Waals surface area contributed by atoms with Crippen molar-refractivity contribution in [1.29, 1.82) is 0 Å². The molecule has 1 N–H and O–H groups in total. The first kappa shape index (κ1) is 31.3. The fourth-order valence-electron chi connectivity index (χ4n) is 4.81. The Morgan fingerprint density at radius 2 is 1.79 bits per heavy atom. The van der Waals surface area contributed by atoms with E-state index in [1.165, 1.54) is 30.3 Å². The van der Waals surface area contributed by atoms with Gasteiger partial charge in [-0.25, -0.2) is 25.9 Å². The number of nitrogens with zero attached hydrogens (tertiary/aromatic N) is 1. The van der Waals surface area contributed by atoms with E-state index in [1.807, 2.05) is 0 Å². The fourth-order valence-corrected chi connectivity index (χ4v) is 8.06. The molecule has 43 heavy (non-hydrogen) atoms. The standard InChI is InChI=1S/C29H27ClF4N2O5S2/c1-18(28-24(30)6-3-7-25(28)31)14-19-8-11-27-26(15-19)36(17-21(41-27)12-13-35-42(37,38)22-9-10-22)43(39,40)23-5-2-4-20(16-23)29(32,33)34/h2-8,11,14-16,21-22,35H,9-10,12-13,17H2,1H3. The lowest BCUT2D eigenvalue weighted by atomic mass is 10.0. The molecule has 0 aromatic heterocycles. The van der Waals surface area contributed by atoms with Crippen molar-refractivity contribution in [1.82, 2.24) is 4.72 Å². The van der Waals surface area contributed by atoms with Gasteiger partial charge in [-0.3, -0.25) is 4.31 Å². The molecule has 1 unspecified atom stereocenters. The van der Waals surface area contributed by atoms with E-state index in [1.54, 1.807) is 19.1 Å². The molecule has 0 radical (unpaired) electrons. The number of hydrogen-bond donors (Lipinski definition) is 1. The van der Waals surface area contributed by atoms with E-state index in [4.69, 9.17) is 16.3 Å². The van der Waals surface area contributed by atoms with Crippen molar-refractivity contribution in [2.24, 2.45) is 0 Å². The molecule has 0 saturated heterocycles. The van der Waals surface area contributed by atoms with Crippen LogP contribution < -0.4 is 13.8 Å². The van der Waals surface area contributed by atoms with Gasteiger partial charge in [-0.15, -0.1) is 0 Å². The highest BCUT2D eigenvalue weighted by molar-refractivity contribution is 7.92. The third-order valence-electron chi connectivity index (χ3n) is 7.14. The molecule has 1 atom stereocenters. The van der Waals surface area contributed by atoms with E-state index in [0.717, 1.165) is 22.5 Å². The molecular formula is C29H27ClF4N2O5S2. The van der Waals surface area contributed by atoms with E-state index < -0.39 is 53.9 Å². The molecule has 1 fully saturated rings. The first-order valence-corrected chi connectivity index (χ1v) is 16.6. The van der Waals surface area contributed by atoms with Gasteiger partial charge in [-0.1, -0.05) is 35.9 Å². The summed E-state index contributed by atoms with van der Waals surface area (Å²) in [7, 11) is -8.03. The highest BCUT2D eigenvalue weighted by atomic mass is 35.5. The zero-order valence-corrected chi connectivity index (χ0v) is 25.1. The van der Waals surface area contributed by atoms with Gasteiger partial charge in [-0.05, 0) is 79.8 Å². The zero-order valence-electron chi connectivity index (χ0n) is 22.7. The van der Waals surface area contributed by atoms with Gasteiger partial charge in [0.15, 0.2) is 0 Å². The minimum atomic E-state index is -4.76. The van der Waals surface area contributed by atoms with Crippen LogP contribution in [-0.4, -0.2) is 41.3 Å². The average molecular weight is 659 g/mol. The van der Waals surface area contributed by atoms with E-state index in [0.29, 0.717) is 30.0 Å². The average Bonchev–Trinajstić information content (AvgIpc) is 3.79. The molecule has 14 heteroatoms. The number of fused-ring (bicyclic) bond motifs is 1. The lowest BCUT2D eigenvalue weighted by Gasteiger charge is -2.36. The number of benzene rings is 3. The van der Waals surface area contributed by atoms with E-state index in [-0.39, 0.29) is 41.5 Å². The molecule has 1 aliphatic heterocycles. The number of allylic oxidation sites excluding steroid dienone is 1. The lowest BCUT2D eigenvalue weighted by molar-refractivity contribution is -0.137. The van der Waals surface area contributed by atoms with Crippen LogP contribution in [0.3, 0.4) is 0 Å². The summed E-state index contributed by atoms with van der Waals surface area (Å²) in [6.07, 6.45) is -2.73. The van der Waals surface area contributed by atoms with E-state index in [9.17, 15) is 34.4 Å². The molecule has 5 rings (SSSR count). The Hall–Kier alpha value is -3.13. The SMILES string of the molecule is CC(=Cc1ccc2c(c1)N(S(=O)(=O)c1cccc(C(F)(F)F)c1)CC(CCNS(=O)(=O)C1CC1)O2)c1c(F)cccc1Cl. The monoisotopic (exact) mass is 658 g/mol. The minimum Gasteiger partial charge on any atom is -0.486 e. The molecule has 2 aliphatic rings. The highest BCUT2D eigenvalue weighted by Gasteiger charge is 2.38. The molecule has 1 saturated carbocycles. The molecule has 7 nitrogen and oxygen atoms in total. The summed E-state index contributed by atoms with van der Waals surface area (Å²) in [5.41, 5.74) is 0.0165. The first-order valence-electron chi connectivity index (χ1n) is 13.3. The molecule has 1 heterocycles. The quantitative estimate of drug-likeness (QED) is 0.210. The van der Waals surface area contributed by atoms with Crippen LogP contribution in [0, 0.1) is 5.82 Å². The zero-order chi connectivity index (χ0) is 31.2. The van der Waals surface area contributed by atoms with E-state index >= 15 is 0 Å². The summed E-state index contributed by atoms with van der Waals surface area (Å²) in [4.78, 5) is -0.571. The second kappa shape index (κ2) is 11.8. The molecule has 0 bridgehead atoms. The van der Waals surface area contributed by atoms with Crippen LogP contribution in [0.1, 0.15) is 42.9 Å². The first-order chi connectivity index (χ1) is 20.2. The van der Waals surface area contributed by atoms with Gasteiger partial charge < -0.3 is 4.74 Å². The summed E-state index contributed by atoms with van der Waals surface area (Å²) < 4.78 is 117. The number of anilines is 1. The van der Waals surface area contributed by atoms with Crippen LogP contribution in [-0.2, 0) is 26.2 Å². The largest absolute Gasteiger partial charge is 0.486 e. The van der Waals surface area contributed by atoms with Crippen LogP contribution in [0.4, 0.5) is 23.2 Å². The third kappa shape index (κ3) is 6.84. The van der Waals surface area contributed by atoms with Crippen molar-refractivity contribution < 1.29 is 39.1 Å². The van der Waals surface area contributed by atoms with Gasteiger partial charge in [0.05, 0.1) is 33.0 Å². The molecule has 3 aromatic rings. The minimum absolute atomic E-state index is 0.0142. The molecule has 1 aliphatic carbocycles. The Morgan fingerprint density at radius 1 is 1.07 bits per heavy atom. The third-order valence-corrected chi connectivity index (χ3v) is 11.2.